The van der Waals surface area contributed by atoms with Crippen molar-refractivity contribution in [1.82, 2.24) is 0 Å². The Labute approximate surface area is 127 Å². The van der Waals surface area contributed by atoms with Crippen LogP contribution in [-0.2, 0) is 4.74 Å². The van der Waals surface area contributed by atoms with E-state index in [1.165, 1.54) is 25.3 Å². The largest absolute Gasteiger partial charge is 1.00 e. The molecule has 4 nitrogen and oxygen atoms in total. The molecule has 0 aliphatic rings. The van der Waals surface area contributed by atoms with Gasteiger partial charge in [-0.2, -0.15) is 0 Å². The first-order valence-electron chi connectivity index (χ1n) is 4.74. The van der Waals surface area contributed by atoms with Gasteiger partial charge in [-0.1, -0.05) is 17.7 Å². The van der Waals surface area contributed by atoms with E-state index in [0.717, 1.165) is 0 Å². The number of carbonyl (C=O) groups excluding carboxylic acids is 1. The maximum atomic E-state index is 10.8. The van der Waals surface area contributed by atoms with Crippen molar-refractivity contribution >= 4 is 17.6 Å². The number of methoxy groups -OCH3 is 1. The number of rotatable bonds is 5. The van der Waals surface area contributed by atoms with E-state index < -0.39 is 12.1 Å². The number of hydrogen-bond acceptors (Lipinski definition) is 4. The fraction of sp³-hybridized carbons (Fsp3) is 0.364. The van der Waals surface area contributed by atoms with Gasteiger partial charge in [0.15, 0.2) is 0 Å². The Balaban J connectivity index is 0.00000256. The van der Waals surface area contributed by atoms with Crippen LogP contribution in [0.25, 0.3) is 0 Å². The van der Waals surface area contributed by atoms with Crippen molar-refractivity contribution < 1.29 is 49.3 Å². The van der Waals surface area contributed by atoms with Crippen LogP contribution in [0.3, 0.4) is 0 Å². The van der Waals surface area contributed by atoms with E-state index in [1.807, 2.05) is 0 Å². The summed E-state index contributed by atoms with van der Waals surface area (Å²) in [5, 5.41) is 20.9. The zero-order valence-electron chi connectivity index (χ0n) is 9.77. The summed E-state index contributed by atoms with van der Waals surface area (Å²) in [5.41, 5.74) is 0.206. The third-order valence-electron chi connectivity index (χ3n) is 2.19. The van der Waals surface area contributed by atoms with Crippen molar-refractivity contribution in [3.05, 3.63) is 34.3 Å². The minimum Gasteiger partial charge on any atom is -0.545 e. The Morgan fingerprint density at radius 2 is 2.24 bits per heavy atom. The predicted octanol–water partition coefficient (Wildman–Crippen LogP) is -2.22. The van der Waals surface area contributed by atoms with Gasteiger partial charge >= 0.3 is 29.6 Å². The van der Waals surface area contributed by atoms with Crippen LogP contribution in [0.5, 0.6) is 0 Å². The van der Waals surface area contributed by atoms with E-state index in [-0.39, 0.29) is 35.1 Å². The Hall–Kier alpha value is -0.100. The fourth-order valence-corrected chi connectivity index (χ4v) is 1.55. The molecular formula is C11H12ClNaO4. The summed E-state index contributed by atoms with van der Waals surface area (Å²) in [6.45, 7) is 0.344. The van der Waals surface area contributed by atoms with Gasteiger partial charge in [0.1, 0.15) is 0 Å². The van der Waals surface area contributed by atoms with Crippen LogP contribution in [0.4, 0.5) is 0 Å². The van der Waals surface area contributed by atoms with E-state index in [2.05, 4.69) is 0 Å². The van der Waals surface area contributed by atoms with E-state index in [9.17, 15) is 15.0 Å². The Bertz CT molecular complexity index is 384. The first-order chi connectivity index (χ1) is 7.56. The van der Waals surface area contributed by atoms with Gasteiger partial charge in [-0.15, -0.1) is 0 Å². The number of ether oxygens (including phenoxy) is 1. The molecule has 1 rings (SSSR count). The Morgan fingerprint density at radius 1 is 1.59 bits per heavy atom. The van der Waals surface area contributed by atoms with Gasteiger partial charge in [0, 0.05) is 30.7 Å². The van der Waals surface area contributed by atoms with Gasteiger partial charge in [0.05, 0.1) is 12.1 Å². The molecular weight excluding hydrogens is 255 g/mol. The van der Waals surface area contributed by atoms with Gasteiger partial charge in [0.25, 0.3) is 0 Å². The zero-order valence-corrected chi connectivity index (χ0v) is 12.5. The van der Waals surface area contributed by atoms with Crippen LogP contribution in [-0.4, -0.2) is 24.8 Å². The van der Waals surface area contributed by atoms with E-state index in [4.69, 9.17) is 16.3 Å². The standard InChI is InChI=1S/C11H13ClO4.Na/c1-16-5-4-10(13)8-3-2-7(12)6-9(8)11(14)15;/h2-3,6,10,13H,4-5H2,1H3,(H,14,15);/q;+1/p-1. The van der Waals surface area contributed by atoms with Crippen LogP contribution >= 0.6 is 11.6 Å². The minimum atomic E-state index is -1.35. The first-order valence-corrected chi connectivity index (χ1v) is 5.12. The second kappa shape index (κ2) is 8.08. The first kappa shape index (κ1) is 16.9. The monoisotopic (exact) mass is 266 g/mol. The average molecular weight is 267 g/mol. The van der Waals surface area contributed by atoms with Crippen molar-refractivity contribution in [1.29, 1.82) is 0 Å². The van der Waals surface area contributed by atoms with Crippen LogP contribution in [0.15, 0.2) is 18.2 Å². The molecule has 0 aliphatic heterocycles. The summed E-state index contributed by atoms with van der Waals surface area (Å²) in [6.07, 6.45) is -0.580. The summed E-state index contributed by atoms with van der Waals surface area (Å²) in [7, 11) is 1.51. The van der Waals surface area contributed by atoms with E-state index >= 15 is 0 Å². The number of benzene rings is 1. The third-order valence-corrected chi connectivity index (χ3v) is 2.42. The molecule has 0 aliphatic carbocycles. The van der Waals surface area contributed by atoms with E-state index in [1.54, 1.807) is 0 Å². The minimum absolute atomic E-state index is 0. The topological polar surface area (TPSA) is 69.6 Å². The molecule has 0 radical (unpaired) electrons. The molecule has 1 aromatic carbocycles. The Morgan fingerprint density at radius 3 is 2.76 bits per heavy atom. The van der Waals surface area contributed by atoms with Crippen molar-refractivity contribution in [2.75, 3.05) is 13.7 Å². The maximum Gasteiger partial charge on any atom is 1.00 e. The molecule has 1 unspecified atom stereocenters. The number of carbonyl (C=O) groups is 1. The molecule has 0 saturated carbocycles. The van der Waals surface area contributed by atoms with Crippen molar-refractivity contribution in [2.45, 2.75) is 12.5 Å². The van der Waals surface area contributed by atoms with Crippen molar-refractivity contribution in [2.24, 2.45) is 0 Å². The van der Waals surface area contributed by atoms with Crippen LogP contribution in [0.2, 0.25) is 5.02 Å². The van der Waals surface area contributed by atoms with Crippen LogP contribution in [0, 0.1) is 0 Å². The smallest absolute Gasteiger partial charge is 0.545 e. The molecule has 1 atom stereocenters. The number of halogens is 1. The number of carboxylic acids is 1. The van der Waals surface area contributed by atoms with Gasteiger partial charge in [-0.3, -0.25) is 0 Å². The van der Waals surface area contributed by atoms with Crippen molar-refractivity contribution in [3.8, 4) is 0 Å². The molecule has 0 saturated heterocycles. The van der Waals surface area contributed by atoms with Gasteiger partial charge in [-0.25, -0.2) is 0 Å². The quantitative estimate of drug-likeness (QED) is 0.613. The van der Waals surface area contributed by atoms with Crippen molar-refractivity contribution in [3.63, 3.8) is 0 Å². The fourth-order valence-electron chi connectivity index (χ4n) is 1.38. The second-order valence-corrected chi connectivity index (χ2v) is 3.75. The molecule has 1 N–H and O–H groups in total. The molecule has 0 amide bonds. The Kier molecular flexibility index (Phi) is 8.03. The summed E-state index contributed by atoms with van der Waals surface area (Å²) < 4.78 is 4.81. The van der Waals surface area contributed by atoms with Gasteiger partial charge in [0.2, 0.25) is 0 Å². The zero-order chi connectivity index (χ0) is 12.1. The number of hydrogen-bond donors (Lipinski definition) is 1. The molecule has 0 bridgehead atoms. The van der Waals surface area contributed by atoms with Crippen LogP contribution in [0.1, 0.15) is 28.4 Å². The molecule has 0 aromatic heterocycles. The number of aromatic carboxylic acids is 1. The third kappa shape index (κ3) is 4.95. The summed E-state index contributed by atoms with van der Waals surface area (Å²) >= 11 is 5.67. The predicted molar refractivity (Wildman–Crippen MR) is 57.2 cm³/mol. The molecule has 0 heterocycles. The molecule has 6 heteroatoms. The maximum absolute atomic E-state index is 10.8. The van der Waals surface area contributed by atoms with Gasteiger partial charge in [-0.05, 0) is 17.7 Å². The number of aliphatic hydroxyl groups excluding tert-OH is 1. The molecule has 1 aromatic rings. The molecule has 0 spiro atoms. The second-order valence-electron chi connectivity index (χ2n) is 3.32. The molecule has 88 valence electrons. The van der Waals surface area contributed by atoms with E-state index in [0.29, 0.717) is 23.6 Å². The summed E-state index contributed by atoms with van der Waals surface area (Å²) in [6, 6.07) is 4.27. The molecule has 17 heavy (non-hydrogen) atoms. The summed E-state index contributed by atoms with van der Waals surface area (Å²) in [4.78, 5) is 10.8. The average Bonchev–Trinajstić information content (AvgIpc) is 2.25. The summed E-state index contributed by atoms with van der Waals surface area (Å²) in [5.74, 6) is -1.35. The SMILES string of the molecule is COCCC(O)c1ccc(Cl)cc1C(=O)[O-].[Na+]. The number of aliphatic hydroxyl groups is 1. The molecule has 0 fully saturated rings. The number of carboxylic acid groups (broad SMARTS) is 1. The van der Waals surface area contributed by atoms with Gasteiger partial charge < -0.3 is 19.7 Å². The normalized spacial score (nSPS) is 11.7. The van der Waals surface area contributed by atoms with Crippen LogP contribution < -0.4 is 34.7 Å².